The minimum absolute atomic E-state index is 0.0167. The third kappa shape index (κ3) is 4.19. The second-order valence-corrected chi connectivity index (χ2v) is 7.29. The number of ether oxygens (including phenoxy) is 3. The molecule has 1 unspecified atom stereocenters. The van der Waals surface area contributed by atoms with Crippen molar-refractivity contribution >= 4 is 29.3 Å². The van der Waals surface area contributed by atoms with E-state index < -0.39 is 0 Å². The second-order valence-electron chi connectivity index (χ2n) is 5.66. The molecule has 0 bridgehead atoms. The third-order valence-electron chi connectivity index (χ3n) is 4.09. The molecule has 5 nitrogen and oxygen atoms in total. The van der Waals surface area contributed by atoms with Crippen molar-refractivity contribution in [3.63, 3.8) is 0 Å². The number of carbonyl (C=O) groups is 1. The lowest BCUT2D eigenvalue weighted by Gasteiger charge is -2.25. The molecule has 1 amide bonds. The zero-order valence-corrected chi connectivity index (χ0v) is 16.2. The Balaban J connectivity index is 1.71. The molecule has 26 heavy (non-hydrogen) atoms. The molecule has 1 saturated heterocycles. The fraction of sp³-hybridized carbons (Fsp3) is 0.316. The van der Waals surface area contributed by atoms with Gasteiger partial charge in [-0.05, 0) is 36.4 Å². The van der Waals surface area contributed by atoms with Gasteiger partial charge in [0.25, 0.3) is 5.91 Å². The number of amides is 1. The predicted octanol–water partition coefficient (Wildman–Crippen LogP) is 4.01. The predicted molar refractivity (Wildman–Crippen MR) is 103 cm³/mol. The Morgan fingerprint density at radius 2 is 1.88 bits per heavy atom. The molecule has 0 aliphatic carbocycles. The molecule has 1 atom stereocenters. The van der Waals surface area contributed by atoms with Crippen LogP contribution in [0.2, 0.25) is 5.02 Å². The van der Waals surface area contributed by atoms with E-state index in [0.29, 0.717) is 23.1 Å². The van der Waals surface area contributed by atoms with E-state index >= 15 is 0 Å². The van der Waals surface area contributed by atoms with E-state index in [9.17, 15) is 4.79 Å². The van der Waals surface area contributed by atoms with Gasteiger partial charge in [-0.15, -0.1) is 11.8 Å². The van der Waals surface area contributed by atoms with E-state index in [0.717, 1.165) is 17.1 Å². The van der Waals surface area contributed by atoms with Gasteiger partial charge in [0.1, 0.15) is 22.6 Å². The normalized spacial score (nSPS) is 16.4. The van der Waals surface area contributed by atoms with Crippen molar-refractivity contribution in [1.82, 2.24) is 4.90 Å². The van der Waals surface area contributed by atoms with Gasteiger partial charge in [0.2, 0.25) is 0 Å². The molecule has 1 aliphatic rings. The molecular formula is C19H20ClNO4S. The highest BCUT2D eigenvalue weighted by Gasteiger charge is 2.32. The number of methoxy groups -OCH3 is 2. The van der Waals surface area contributed by atoms with E-state index in [1.54, 1.807) is 50.2 Å². The van der Waals surface area contributed by atoms with Crippen LogP contribution < -0.4 is 14.2 Å². The molecule has 0 aromatic heterocycles. The van der Waals surface area contributed by atoms with Crippen LogP contribution in [0.1, 0.15) is 10.9 Å². The fourth-order valence-electron chi connectivity index (χ4n) is 2.76. The van der Waals surface area contributed by atoms with Gasteiger partial charge in [0, 0.05) is 29.0 Å². The van der Waals surface area contributed by atoms with Crippen molar-refractivity contribution in [3.8, 4) is 17.2 Å². The highest BCUT2D eigenvalue weighted by molar-refractivity contribution is 7.99. The van der Waals surface area contributed by atoms with Gasteiger partial charge in [-0.25, -0.2) is 0 Å². The number of thioether (sulfide) groups is 1. The number of hydrogen-bond acceptors (Lipinski definition) is 5. The van der Waals surface area contributed by atoms with Crippen molar-refractivity contribution in [2.24, 2.45) is 0 Å². The van der Waals surface area contributed by atoms with E-state index in [4.69, 9.17) is 25.8 Å². The van der Waals surface area contributed by atoms with E-state index in [2.05, 4.69) is 0 Å². The Bertz CT molecular complexity index is 769. The number of hydrogen-bond donors (Lipinski definition) is 0. The maximum absolute atomic E-state index is 12.7. The lowest BCUT2D eigenvalue weighted by molar-refractivity contribution is -0.133. The highest BCUT2D eigenvalue weighted by Crippen LogP contribution is 2.43. The lowest BCUT2D eigenvalue weighted by atomic mass is 10.1. The van der Waals surface area contributed by atoms with Crippen LogP contribution in [0.15, 0.2) is 42.5 Å². The molecule has 0 radical (unpaired) electrons. The first kappa shape index (κ1) is 18.7. The largest absolute Gasteiger partial charge is 0.497 e. The monoisotopic (exact) mass is 393 g/mol. The van der Waals surface area contributed by atoms with E-state index in [-0.39, 0.29) is 17.9 Å². The van der Waals surface area contributed by atoms with Crippen molar-refractivity contribution in [2.75, 3.05) is 33.1 Å². The Morgan fingerprint density at radius 1 is 1.15 bits per heavy atom. The summed E-state index contributed by atoms with van der Waals surface area (Å²) in [7, 11) is 3.23. The molecule has 1 aliphatic heterocycles. The lowest BCUT2D eigenvalue weighted by Crippen LogP contribution is -2.34. The Kier molecular flexibility index (Phi) is 6.16. The number of carbonyl (C=O) groups excluding carboxylic acids is 1. The zero-order valence-electron chi connectivity index (χ0n) is 14.6. The zero-order chi connectivity index (χ0) is 18.5. The molecule has 0 spiro atoms. The maximum Gasteiger partial charge on any atom is 0.261 e. The summed E-state index contributed by atoms with van der Waals surface area (Å²) in [5, 5.41) is 0.531. The molecule has 2 aromatic rings. The van der Waals surface area contributed by atoms with Gasteiger partial charge in [-0.2, -0.15) is 0 Å². The molecule has 138 valence electrons. The Labute approximate surface area is 162 Å². The van der Waals surface area contributed by atoms with Crippen LogP contribution in [0.25, 0.3) is 0 Å². The molecule has 3 rings (SSSR count). The topological polar surface area (TPSA) is 48.0 Å². The molecule has 1 fully saturated rings. The number of rotatable bonds is 6. The minimum atomic E-state index is -0.0998. The first-order chi connectivity index (χ1) is 12.6. The fourth-order valence-corrected chi connectivity index (χ4v) is 4.19. The number of benzene rings is 2. The summed E-state index contributed by atoms with van der Waals surface area (Å²) in [4.78, 5) is 14.5. The van der Waals surface area contributed by atoms with Gasteiger partial charge < -0.3 is 19.1 Å². The Hall–Kier alpha value is -2.05. The second kappa shape index (κ2) is 8.56. The van der Waals surface area contributed by atoms with Crippen LogP contribution >= 0.6 is 23.4 Å². The first-order valence-electron chi connectivity index (χ1n) is 8.13. The van der Waals surface area contributed by atoms with E-state index in [1.165, 1.54) is 0 Å². The molecule has 1 heterocycles. The SMILES string of the molecule is COc1ccc(C2SCCN2C(=O)COc2ccc(Cl)cc2)c(OC)c1. The smallest absolute Gasteiger partial charge is 0.261 e. The summed E-state index contributed by atoms with van der Waals surface area (Å²) < 4.78 is 16.3. The Morgan fingerprint density at radius 3 is 2.58 bits per heavy atom. The molecule has 0 saturated carbocycles. The van der Waals surface area contributed by atoms with Gasteiger partial charge in [-0.1, -0.05) is 11.6 Å². The summed E-state index contributed by atoms with van der Waals surface area (Å²) in [6.45, 7) is 0.657. The first-order valence-corrected chi connectivity index (χ1v) is 9.56. The van der Waals surface area contributed by atoms with Crippen LogP contribution in [-0.2, 0) is 4.79 Å². The average Bonchev–Trinajstić information content (AvgIpc) is 3.16. The summed E-state index contributed by atoms with van der Waals surface area (Å²) in [6.07, 6.45) is 0. The molecule has 7 heteroatoms. The summed E-state index contributed by atoms with van der Waals surface area (Å²) >= 11 is 7.57. The van der Waals surface area contributed by atoms with Crippen LogP contribution in [0.4, 0.5) is 0 Å². The van der Waals surface area contributed by atoms with E-state index in [1.807, 2.05) is 23.1 Å². The average molecular weight is 394 g/mol. The van der Waals surface area contributed by atoms with Gasteiger partial charge >= 0.3 is 0 Å². The number of halogens is 1. The summed E-state index contributed by atoms with van der Waals surface area (Å²) in [6, 6.07) is 12.6. The number of nitrogens with zero attached hydrogens (tertiary/aromatic N) is 1. The quantitative estimate of drug-likeness (QED) is 0.742. The summed E-state index contributed by atoms with van der Waals surface area (Å²) in [5.41, 5.74) is 0.954. The van der Waals surface area contributed by atoms with Crippen molar-refractivity contribution in [2.45, 2.75) is 5.37 Å². The van der Waals surface area contributed by atoms with Crippen LogP contribution in [-0.4, -0.2) is 43.9 Å². The van der Waals surface area contributed by atoms with Crippen molar-refractivity contribution < 1.29 is 19.0 Å². The van der Waals surface area contributed by atoms with Crippen LogP contribution in [0.5, 0.6) is 17.2 Å². The standard InChI is InChI=1S/C19H20ClNO4S/c1-23-15-7-8-16(17(11-15)24-2)19-21(9-10-26-19)18(22)12-25-14-5-3-13(20)4-6-14/h3-8,11,19H,9-10,12H2,1-2H3. The van der Waals surface area contributed by atoms with Crippen LogP contribution in [0.3, 0.4) is 0 Å². The summed E-state index contributed by atoms with van der Waals surface area (Å²) in [5.74, 6) is 2.85. The molecular weight excluding hydrogens is 374 g/mol. The highest BCUT2D eigenvalue weighted by atomic mass is 35.5. The molecule has 0 N–H and O–H groups in total. The van der Waals surface area contributed by atoms with Crippen LogP contribution in [0, 0.1) is 0 Å². The van der Waals surface area contributed by atoms with Crippen molar-refractivity contribution in [3.05, 3.63) is 53.1 Å². The third-order valence-corrected chi connectivity index (χ3v) is 5.59. The minimum Gasteiger partial charge on any atom is -0.497 e. The van der Waals surface area contributed by atoms with Gasteiger partial charge in [0.05, 0.1) is 14.2 Å². The molecule has 2 aromatic carbocycles. The van der Waals surface area contributed by atoms with Gasteiger partial charge in [-0.3, -0.25) is 4.79 Å². The maximum atomic E-state index is 12.7. The van der Waals surface area contributed by atoms with Crippen molar-refractivity contribution in [1.29, 1.82) is 0 Å². The van der Waals surface area contributed by atoms with Gasteiger partial charge in [0.15, 0.2) is 6.61 Å².